The molecule has 0 bridgehead atoms. The number of thiophene rings is 1. The maximum Gasteiger partial charge on any atom is 0.237 e. The van der Waals surface area contributed by atoms with Gasteiger partial charge in [0.25, 0.3) is 0 Å². The molecule has 0 spiro atoms. The Kier molecular flexibility index (Phi) is 3.95. The number of benzene rings is 1. The van der Waals surface area contributed by atoms with E-state index in [0.29, 0.717) is 28.2 Å². The van der Waals surface area contributed by atoms with Gasteiger partial charge >= 0.3 is 0 Å². The van der Waals surface area contributed by atoms with Crippen molar-refractivity contribution in [3.63, 3.8) is 0 Å². The number of thioether (sulfide) groups is 1. The summed E-state index contributed by atoms with van der Waals surface area (Å²) in [7, 11) is 0. The standard InChI is InChI=1S/C13H10ClN3OS2/c14-8-3-4-9(15)11(6-8)20-7-12-16-13(17-18-12)10-2-1-5-19-10/h1-6H,7,15H2. The van der Waals surface area contributed by atoms with E-state index in [0.717, 1.165) is 9.77 Å². The second-order valence-corrected chi connectivity index (χ2v) is 6.36. The first kappa shape index (κ1) is 13.5. The smallest absolute Gasteiger partial charge is 0.237 e. The topological polar surface area (TPSA) is 64.9 Å². The summed E-state index contributed by atoms with van der Waals surface area (Å²) in [6.45, 7) is 0. The highest BCUT2D eigenvalue weighted by molar-refractivity contribution is 7.98. The van der Waals surface area contributed by atoms with Crippen LogP contribution in [0.15, 0.2) is 45.1 Å². The summed E-state index contributed by atoms with van der Waals surface area (Å²) in [6.07, 6.45) is 0. The van der Waals surface area contributed by atoms with Crippen LogP contribution < -0.4 is 5.73 Å². The van der Waals surface area contributed by atoms with Gasteiger partial charge in [-0.15, -0.1) is 23.1 Å². The van der Waals surface area contributed by atoms with Crippen molar-refractivity contribution in [1.29, 1.82) is 0 Å². The maximum atomic E-state index is 5.95. The fourth-order valence-corrected chi connectivity index (χ4v) is 3.32. The van der Waals surface area contributed by atoms with Crippen molar-refractivity contribution in [2.75, 3.05) is 5.73 Å². The number of anilines is 1. The maximum absolute atomic E-state index is 5.95. The number of aromatic nitrogens is 2. The summed E-state index contributed by atoms with van der Waals surface area (Å²) in [5.74, 6) is 1.75. The van der Waals surface area contributed by atoms with Gasteiger partial charge in [0.05, 0.1) is 10.6 Å². The van der Waals surface area contributed by atoms with Crippen molar-refractivity contribution in [3.8, 4) is 10.7 Å². The zero-order valence-electron chi connectivity index (χ0n) is 10.2. The third-order valence-corrected chi connectivity index (χ3v) is 4.69. The molecule has 0 saturated carbocycles. The van der Waals surface area contributed by atoms with Crippen LogP contribution in [0.5, 0.6) is 0 Å². The van der Waals surface area contributed by atoms with Crippen molar-refractivity contribution in [1.82, 2.24) is 10.1 Å². The lowest BCUT2D eigenvalue weighted by atomic mass is 10.3. The van der Waals surface area contributed by atoms with E-state index in [4.69, 9.17) is 21.9 Å². The van der Waals surface area contributed by atoms with Crippen LogP contribution in [-0.4, -0.2) is 10.1 Å². The molecule has 2 heterocycles. The molecular weight excluding hydrogens is 314 g/mol. The van der Waals surface area contributed by atoms with Crippen LogP contribution in [0.4, 0.5) is 5.69 Å². The molecule has 7 heteroatoms. The van der Waals surface area contributed by atoms with Crippen LogP contribution in [0.2, 0.25) is 5.02 Å². The molecule has 0 atom stereocenters. The Hall–Kier alpha value is -1.50. The van der Waals surface area contributed by atoms with Gasteiger partial charge in [-0.1, -0.05) is 22.8 Å². The minimum absolute atomic E-state index is 0.558. The molecule has 2 N–H and O–H groups in total. The van der Waals surface area contributed by atoms with E-state index in [1.54, 1.807) is 23.5 Å². The quantitative estimate of drug-likeness (QED) is 0.572. The van der Waals surface area contributed by atoms with Crippen LogP contribution in [0.25, 0.3) is 10.7 Å². The molecule has 0 unspecified atom stereocenters. The summed E-state index contributed by atoms with van der Waals surface area (Å²) in [6, 6.07) is 9.30. The van der Waals surface area contributed by atoms with Gasteiger partial charge in [-0.2, -0.15) is 4.98 Å². The molecule has 0 aliphatic rings. The molecule has 1 aromatic carbocycles. The van der Waals surface area contributed by atoms with E-state index in [2.05, 4.69) is 10.1 Å². The largest absolute Gasteiger partial charge is 0.398 e. The normalized spacial score (nSPS) is 10.8. The van der Waals surface area contributed by atoms with Crippen molar-refractivity contribution >= 4 is 40.4 Å². The van der Waals surface area contributed by atoms with Crippen molar-refractivity contribution in [2.45, 2.75) is 10.6 Å². The highest BCUT2D eigenvalue weighted by Gasteiger charge is 2.10. The lowest BCUT2D eigenvalue weighted by molar-refractivity contribution is 0.392. The number of hydrogen-bond donors (Lipinski definition) is 1. The molecule has 0 radical (unpaired) electrons. The first-order valence-corrected chi connectivity index (χ1v) is 8.01. The van der Waals surface area contributed by atoms with Gasteiger partial charge in [0.1, 0.15) is 0 Å². The summed E-state index contributed by atoms with van der Waals surface area (Å²) in [4.78, 5) is 6.26. The van der Waals surface area contributed by atoms with Crippen LogP contribution in [0.1, 0.15) is 5.89 Å². The van der Waals surface area contributed by atoms with Gasteiger partial charge in [-0.3, -0.25) is 0 Å². The van der Waals surface area contributed by atoms with Crippen LogP contribution in [0, 0.1) is 0 Å². The van der Waals surface area contributed by atoms with E-state index >= 15 is 0 Å². The zero-order valence-corrected chi connectivity index (χ0v) is 12.6. The molecule has 0 saturated heterocycles. The number of hydrogen-bond acceptors (Lipinski definition) is 6. The second kappa shape index (κ2) is 5.87. The Labute approximate surface area is 129 Å². The highest BCUT2D eigenvalue weighted by atomic mass is 35.5. The fraction of sp³-hybridized carbons (Fsp3) is 0.0769. The van der Waals surface area contributed by atoms with Gasteiger partial charge in [0.2, 0.25) is 11.7 Å². The van der Waals surface area contributed by atoms with Crippen LogP contribution in [0.3, 0.4) is 0 Å². The second-order valence-electron chi connectivity index (χ2n) is 3.96. The molecule has 3 aromatic rings. The number of nitrogen functional groups attached to an aromatic ring is 1. The van der Waals surface area contributed by atoms with Crippen molar-refractivity contribution in [2.24, 2.45) is 0 Å². The first-order chi connectivity index (χ1) is 9.72. The van der Waals surface area contributed by atoms with E-state index in [-0.39, 0.29) is 0 Å². The average molecular weight is 324 g/mol. The summed E-state index contributed by atoms with van der Waals surface area (Å²) in [5.41, 5.74) is 6.58. The number of halogens is 1. The summed E-state index contributed by atoms with van der Waals surface area (Å²) in [5, 5.41) is 6.60. The minimum Gasteiger partial charge on any atom is -0.398 e. The Bertz CT molecular complexity index is 712. The third-order valence-electron chi connectivity index (χ3n) is 2.54. The summed E-state index contributed by atoms with van der Waals surface area (Å²) >= 11 is 9.05. The van der Waals surface area contributed by atoms with E-state index < -0.39 is 0 Å². The predicted molar refractivity (Wildman–Crippen MR) is 83.0 cm³/mol. The lowest BCUT2D eigenvalue weighted by Gasteiger charge is -2.03. The number of rotatable bonds is 4. The molecule has 0 amide bonds. The molecule has 0 aliphatic heterocycles. The van der Waals surface area contributed by atoms with Gasteiger partial charge < -0.3 is 10.3 Å². The Morgan fingerprint density at radius 2 is 2.25 bits per heavy atom. The SMILES string of the molecule is Nc1ccc(Cl)cc1SCc1nc(-c2cccs2)no1. The third kappa shape index (κ3) is 2.98. The Morgan fingerprint density at radius 3 is 3.05 bits per heavy atom. The molecule has 102 valence electrons. The zero-order chi connectivity index (χ0) is 13.9. The molecule has 20 heavy (non-hydrogen) atoms. The van der Waals surface area contributed by atoms with Crippen LogP contribution in [-0.2, 0) is 5.75 Å². The Balaban J connectivity index is 1.71. The predicted octanol–water partition coefficient (Wildman–Crippen LogP) is 4.33. The molecular formula is C13H10ClN3OS2. The van der Waals surface area contributed by atoms with E-state index in [9.17, 15) is 0 Å². The van der Waals surface area contributed by atoms with Crippen molar-refractivity contribution < 1.29 is 4.52 Å². The Morgan fingerprint density at radius 1 is 1.35 bits per heavy atom. The van der Waals surface area contributed by atoms with Gasteiger partial charge in [-0.25, -0.2) is 0 Å². The van der Waals surface area contributed by atoms with Gasteiger partial charge in [0, 0.05) is 15.6 Å². The van der Waals surface area contributed by atoms with E-state index in [1.807, 2.05) is 23.6 Å². The summed E-state index contributed by atoms with van der Waals surface area (Å²) < 4.78 is 5.23. The fourth-order valence-electron chi connectivity index (χ4n) is 1.59. The average Bonchev–Trinajstić information content (AvgIpc) is 3.09. The van der Waals surface area contributed by atoms with Gasteiger partial charge in [0.15, 0.2) is 0 Å². The van der Waals surface area contributed by atoms with Crippen molar-refractivity contribution in [3.05, 3.63) is 46.6 Å². The highest BCUT2D eigenvalue weighted by Crippen LogP contribution is 2.31. The molecule has 3 rings (SSSR count). The monoisotopic (exact) mass is 323 g/mol. The number of nitrogens with zero attached hydrogens (tertiary/aromatic N) is 2. The van der Waals surface area contributed by atoms with E-state index in [1.165, 1.54) is 11.8 Å². The minimum atomic E-state index is 0.558. The lowest BCUT2D eigenvalue weighted by Crippen LogP contribution is -1.89. The molecule has 0 fully saturated rings. The molecule has 0 aliphatic carbocycles. The molecule has 4 nitrogen and oxygen atoms in total. The molecule has 2 aromatic heterocycles. The first-order valence-electron chi connectivity index (χ1n) is 5.76. The van der Waals surface area contributed by atoms with Crippen LogP contribution >= 0.6 is 34.7 Å². The number of nitrogens with two attached hydrogens (primary N) is 1. The van der Waals surface area contributed by atoms with Gasteiger partial charge in [-0.05, 0) is 29.6 Å².